The molecule has 0 spiro atoms. The third kappa shape index (κ3) is 3.73. The number of nitrogens with zero attached hydrogens (tertiary/aromatic N) is 1. The Bertz CT molecular complexity index is 620. The zero-order valence-corrected chi connectivity index (χ0v) is 14.3. The van der Waals surface area contributed by atoms with E-state index in [1.54, 1.807) is 17.5 Å². The van der Waals surface area contributed by atoms with Crippen LogP contribution in [0.15, 0.2) is 21.9 Å². The Hall–Kier alpha value is -0.730. The summed E-state index contributed by atoms with van der Waals surface area (Å²) in [6.07, 6.45) is 2.69. The highest BCUT2D eigenvalue weighted by Gasteiger charge is 2.28. The van der Waals surface area contributed by atoms with Crippen molar-refractivity contribution in [3.63, 3.8) is 0 Å². The molecule has 2 rings (SSSR count). The standard InChI is InChI=1S/C14H22N2O3S2/c1-11-8-14(20-13(11)9-15-2)21(17,18)16-6-4-12(5-7-16)10-19-3/h4,8,15H,5-7,9-10H2,1-3H3. The van der Waals surface area contributed by atoms with Crippen LogP contribution in [0.5, 0.6) is 0 Å². The van der Waals surface area contributed by atoms with E-state index >= 15 is 0 Å². The van der Waals surface area contributed by atoms with Crippen molar-refractivity contribution in [2.75, 3.05) is 33.9 Å². The number of rotatable bonds is 6. The molecule has 2 heterocycles. The van der Waals surface area contributed by atoms with Gasteiger partial charge in [0.15, 0.2) is 0 Å². The molecule has 1 aliphatic rings. The maximum Gasteiger partial charge on any atom is 0.252 e. The van der Waals surface area contributed by atoms with Gasteiger partial charge < -0.3 is 10.1 Å². The van der Waals surface area contributed by atoms with Gasteiger partial charge in [-0.3, -0.25) is 0 Å². The van der Waals surface area contributed by atoms with Crippen LogP contribution in [-0.4, -0.2) is 46.6 Å². The highest BCUT2D eigenvalue weighted by atomic mass is 32.2. The number of aryl methyl sites for hydroxylation is 1. The lowest BCUT2D eigenvalue weighted by atomic mass is 10.1. The lowest BCUT2D eigenvalue weighted by molar-refractivity contribution is 0.219. The maximum absolute atomic E-state index is 12.7. The zero-order chi connectivity index (χ0) is 15.5. The fraction of sp³-hybridized carbons (Fsp3) is 0.571. The molecule has 1 aliphatic heterocycles. The summed E-state index contributed by atoms with van der Waals surface area (Å²) >= 11 is 1.36. The average molecular weight is 330 g/mol. The van der Waals surface area contributed by atoms with Crippen LogP contribution in [0, 0.1) is 6.92 Å². The highest BCUT2D eigenvalue weighted by Crippen LogP contribution is 2.29. The largest absolute Gasteiger partial charge is 0.380 e. The van der Waals surface area contributed by atoms with Crippen LogP contribution in [0.2, 0.25) is 0 Å². The van der Waals surface area contributed by atoms with E-state index in [4.69, 9.17) is 4.74 Å². The van der Waals surface area contributed by atoms with Gasteiger partial charge in [0.25, 0.3) is 10.0 Å². The van der Waals surface area contributed by atoms with Crippen molar-refractivity contribution in [2.45, 2.75) is 24.1 Å². The summed E-state index contributed by atoms with van der Waals surface area (Å²) in [5.41, 5.74) is 2.20. The van der Waals surface area contributed by atoms with E-state index in [-0.39, 0.29) is 0 Å². The monoisotopic (exact) mass is 330 g/mol. The molecule has 0 aliphatic carbocycles. The summed E-state index contributed by atoms with van der Waals surface area (Å²) in [6.45, 7) is 4.19. The highest BCUT2D eigenvalue weighted by molar-refractivity contribution is 7.91. The second-order valence-electron chi connectivity index (χ2n) is 5.11. The number of thiophene rings is 1. The quantitative estimate of drug-likeness (QED) is 0.807. The minimum atomic E-state index is -3.38. The Labute approximate surface area is 130 Å². The molecule has 0 aromatic carbocycles. The third-order valence-electron chi connectivity index (χ3n) is 3.53. The molecule has 0 amide bonds. The Morgan fingerprint density at radius 2 is 2.24 bits per heavy atom. The van der Waals surface area contributed by atoms with Crippen molar-refractivity contribution in [3.05, 3.63) is 28.2 Å². The van der Waals surface area contributed by atoms with Crippen molar-refractivity contribution >= 4 is 21.4 Å². The first-order valence-corrected chi connectivity index (χ1v) is 9.15. The summed E-state index contributed by atoms with van der Waals surface area (Å²) in [7, 11) is 0.134. The fourth-order valence-electron chi connectivity index (χ4n) is 2.31. The summed E-state index contributed by atoms with van der Waals surface area (Å²) in [6, 6.07) is 1.78. The Morgan fingerprint density at radius 3 is 2.81 bits per heavy atom. The van der Waals surface area contributed by atoms with Gasteiger partial charge >= 0.3 is 0 Å². The molecule has 1 N–H and O–H groups in total. The lowest BCUT2D eigenvalue weighted by Crippen LogP contribution is -2.34. The predicted molar refractivity (Wildman–Crippen MR) is 85.2 cm³/mol. The molecular weight excluding hydrogens is 308 g/mol. The Balaban J connectivity index is 2.17. The van der Waals surface area contributed by atoms with E-state index in [9.17, 15) is 8.42 Å². The predicted octanol–water partition coefficient (Wildman–Crippen LogP) is 1.74. The number of sulfonamides is 1. The van der Waals surface area contributed by atoms with E-state index in [0.29, 0.717) is 30.5 Å². The molecule has 0 bridgehead atoms. The van der Waals surface area contributed by atoms with Crippen LogP contribution in [-0.2, 0) is 21.3 Å². The van der Waals surface area contributed by atoms with Crippen molar-refractivity contribution in [1.29, 1.82) is 0 Å². The molecule has 0 fully saturated rings. The first kappa shape index (κ1) is 16.6. The van der Waals surface area contributed by atoms with Gasteiger partial charge in [0.2, 0.25) is 0 Å². The SMILES string of the molecule is CNCc1sc(S(=O)(=O)N2CC=C(COC)CC2)cc1C. The van der Waals surface area contributed by atoms with Crippen LogP contribution in [0.1, 0.15) is 16.9 Å². The van der Waals surface area contributed by atoms with Crippen molar-refractivity contribution < 1.29 is 13.2 Å². The average Bonchev–Trinajstić information content (AvgIpc) is 2.82. The van der Waals surface area contributed by atoms with Gasteiger partial charge in [0, 0.05) is 31.6 Å². The van der Waals surface area contributed by atoms with E-state index in [1.165, 1.54) is 16.9 Å². The first-order chi connectivity index (χ1) is 9.98. The number of ether oxygens (including phenoxy) is 1. The fourth-order valence-corrected chi connectivity index (χ4v) is 5.44. The third-order valence-corrected chi connectivity index (χ3v) is 7.08. The van der Waals surface area contributed by atoms with Crippen molar-refractivity contribution in [2.24, 2.45) is 0 Å². The molecule has 118 valence electrons. The van der Waals surface area contributed by atoms with Crippen LogP contribution < -0.4 is 5.32 Å². The zero-order valence-electron chi connectivity index (χ0n) is 12.7. The van der Waals surface area contributed by atoms with Gasteiger partial charge in [0.05, 0.1) is 6.61 Å². The summed E-state index contributed by atoms with van der Waals surface area (Å²) < 4.78 is 32.4. The minimum Gasteiger partial charge on any atom is -0.380 e. The number of hydrogen-bond donors (Lipinski definition) is 1. The van der Waals surface area contributed by atoms with Crippen molar-refractivity contribution in [3.8, 4) is 0 Å². The summed E-state index contributed by atoms with van der Waals surface area (Å²) in [5, 5.41) is 3.07. The molecular formula is C14H22N2O3S2. The van der Waals surface area contributed by atoms with Gasteiger partial charge in [-0.25, -0.2) is 8.42 Å². The molecule has 0 saturated carbocycles. The van der Waals surface area contributed by atoms with E-state index in [2.05, 4.69) is 5.32 Å². The molecule has 1 aromatic rings. The molecule has 1 aromatic heterocycles. The molecule has 0 atom stereocenters. The van der Waals surface area contributed by atoms with Crippen molar-refractivity contribution in [1.82, 2.24) is 9.62 Å². The smallest absolute Gasteiger partial charge is 0.252 e. The maximum atomic E-state index is 12.7. The molecule has 21 heavy (non-hydrogen) atoms. The second kappa shape index (κ2) is 7.02. The van der Waals surface area contributed by atoms with E-state index in [1.807, 2.05) is 20.0 Å². The molecule has 0 radical (unpaired) electrons. The van der Waals surface area contributed by atoms with Gasteiger partial charge in [-0.15, -0.1) is 11.3 Å². The van der Waals surface area contributed by atoms with Crippen LogP contribution in [0.25, 0.3) is 0 Å². The Kier molecular flexibility index (Phi) is 5.56. The van der Waals surface area contributed by atoms with E-state index < -0.39 is 10.0 Å². The van der Waals surface area contributed by atoms with Crippen LogP contribution in [0.3, 0.4) is 0 Å². The molecule has 0 unspecified atom stereocenters. The van der Waals surface area contributed by atoms with Gasteiger partial charge in [-0.1, -0.05) is 6.08 Å². The topological polar surface area (TPSA) is 58.6 Å². The number of methoxy groups -OCH3 is 1. The summed E-state index contributed by atoms with van der Waals surface area (Å²) in [5.74, 6) is 0. The Morgan fingerprint density at radius 1 is 1.48 bits per heavy atom. The number of nitrogens with one attached hydrogen (secondary N) is 1. The molecule has 0 saturated heterocycles. The van der Waals surface area contributed by atoms with Gasteiger partial charge in [-0.05, 0) is 37.6 Å². The van der Waals surface area contributed by atoms with Gasteiger partial charge in [0.1, 0.15) is 4.21 Å². The normalized spacial score (nSPS) is 17.0. The van der Waals surface area contributed by atoms with Crippen LogP contribution >= 0.6 is 11.3 Å². The van der Waals surface area contributed by atoms with Gasteiger partial charge in [-0.2, -0.15) is 4.31 Å². The molecule has 5 nitrogen and oxygen atoms in total. The lowest BCUT2D eigenvalue weighted by Gasteiger charge is -2.25. The van der Waals surface area contributed by atoms with Crippen LogP contribution in [0.4, 0.5) is 0 Å². The first-order valence-electron chi connectivity index (χ1n) is 6.90. The number of hydrogen-bond acceptors (Lipinski definition) is 5. The van der Waals surface area contributed by atoms with E-state index in [0.717, 1.165) is 16.9 Å². The minimum absolute atomic E-state index is 0.430. The second-order valence-corrected chi connectivity index (χ2v) is 8.41. The molecule has 7 heteroatoms. The summed E-state index contributed by atoms with van der Waals surface area (Å²) in [4.78, 5) is 1.07.